The van der Waals surface area contributed by atoms with Gasteiger partial charge in [0, 0.05) is 27.3 Å². The SMILES string of the molecule is [Cl-].[Cl-].[N-]=[N+]=[N-].[N-]=[N+]=[N-].[Pb].[c-]1ccccc1.[c-]1ccccc1.c1ccc([P+](c2ccccc2)(c2ccccc2)c2ccccc2)cc1.c1ccc([P+](c2ccccc2)(c2ccccc2)c2ccccc2)cc1. The van der Waals surface area contributed by atoms with Crippen LogP contribution in [0.4, 0.5) is 0 Å². The Morgan fingerprint density at radius 2 is 0.338 bits per heavy atom. The van der Waals surface area contributed by atoms with Crippen LogP contribution in [0.3, 0.4) is 0 Å². The minimum atomic E-state index is -1.91. The third kappa shape index (κ3) is 17.2. The van der Waals surface area contributed by atoms with Gasteiger partial charge >= 0.3 is 0 Å². The van der Waals surface area contributed by atoms with Gasteiger partial charge in [0.25, 0.3) is 0 Å². The van der Waals surface area contributed by atoms with Crippen molar-refractivity contribution in [1.29, 1.82) is 0 Å². The Morgan fingerprint density at radius 1 is 0.225 bits per heavy atom. The summed E-state index contributed by atoms with van der Waals surface area (Å²) in [6, 6.07) is 113. The van der Waals surface area contributed by atoms with Crippen LogP contribution in [0.15, 0.2) is 303 Å². The normalized spacial score (nSPS) is 9.46. The zero-order valence-electron chi connectivity index (χ0n) is 38.7. The van der Waals surface area contributed by atoms with Gasteiger partial charge in [-0.3, -0.25) is 9.82 Å². The first-order chi connectivity index (χ1) is 33.7. The van der Waals surface area contributed by atoms with Gasteiger partial charge in [-0.2, -0.15) is 72.8 Å². The molecule has 0 N–H and O–H groups in total. The van der Waals surface area contributed by atoms with E-state index in [1.165, 1.54) is 52.3 Å². The van der Waals surface area contributed by atoms with Gasteiger partial charge in [0.1, 0.15) is 57.0 Å². The molecule has 10 aromatic carbocycles. The molecule has 0 bridgehead atoms. The van der Waals surface area contributed by atoms with Gasteiger partial charge in [-0.1, -0.05) is 146 Å². The standard InChI is InChI=1S/2C24H20P.2C6H5.2ClH.2N3.Pb/c2*1-5-13-21(14-6-1)25(22-15-7-2-8-16-22,23-17-9-3-10-18-23)24-19-11-4-12-20-24;2*1-2-4-6-5-3-1;;;2*1-3-2;/h2*1-20H;2*1-5H;2*1H;;;/q2*+1;2*-1;;;2*-1;/p-2. The van der Waals surface area contributed by atoms with Crippen LogP contribution in [0.1, 0.15) is 0 Å². The largest absolute Gasteiger partial charge is 1.00 e. The van der Waals surface area contributed by atoms with Gasteiger partial charge in [-0.15, -0.1) is 0 Å². The predicted octanol–water partition coefficient (Wildman–Crippen LogP) is 6.94. The molecule has 0 saturated carbocycles. The van der Waals surface area contributed by atoms with E-state index in [-0.39, 0.29) is 52.1 Å². The van der Waals surface area contributed by atoms with Crippen molar-refractivity contribution < 1.29 is 24.8 Å². The van der Waals surface area contributed by atoms with E-state index < -0.39 is 14.5 Å². The van der Waals surface area contributed by atoms with Crippen LogP contribution in [0.25, 0.3) is 31.9 Å². The number of rotatable bonds is 8. The number of nitrogens with zero attached hydrogens (tertiary/aromatic N) is 6. The van der Waals surface area contributed by atoms with E-state index >= 15 is 0 Å². The quantitative estimate of drug-likeness (QED) is 0.0392. The van der Waals surface area contributed by atoms with Crippen molar-refractivity contribution in [2.24, 2.45) is 0 Å². The van der Waals surface area contributed by atoms with Crippen LogP contribution >= 0.6 is 14.5 Å². The van der Waals surface area contributed by atoms with Crippen molar-refractivity contribution in [3.05, 3.63) is 347 Å². The van der Waals surface area contributed by atoms with Crippen molar-refractivity contribution in [3.8, 4) is 0 Å². The number of halogens is 2. The molecule has 0 spiro atoms. The van der Waals surface area contributed by atoms with Gasteiger partial charge in [-0.25, -0.2) is 0 Å². The first-order valence-electron chi connectivity index (χ1n) is 21.7. The zero-order chi connectivity index (χ0) is 47.8. The van der Waals surface area contributed by atoms with Gasteiger partial charge in [0.2, 0.25) is 0 Å². The molecule has 10 rings (SSSR count). The van der Waals surface area contributed by atoms with E-state index in [1.807, 2.05) is 60.7 Å². The molecule has 0 atom stereocenters. The van der Waals surface area contributed by atoms with Crippen molar-refractivity contribution in [2.75, 3.05) is 0 Å². The van der Waals surface area contributed by atoms with Crippen LogP contribution in [0, 0.1) is 12.1 Å². The smallest absolute Gasteiger partial charge is 0.144 e. The van der Waals surface area contributed by atoms with Gasteiger partial charge < -0.3 is 46.9 Å². The maximum absolute atomic E-state index is 6.75. The summed E-state index contributed by atoms with van der Waals surface area (Å²) in [5.74, 6) is 0. The van der Waals surface area contributed by atoms with Crippen LogP contribution in [-0.2, 0) is 0 Å². The van der Waals surface area contributed by atoms with Gasteiger partial charge in [0.15, 0.2) is 0 Å². The van der Waals surface area contributed by atoms with Crippen LogP contribution < -0.4 is 67.3 Å². The van der Waals surface area contributed by atoms with E-state index in [1.54, 1.807) is 0 Å². The van der Waals surface area contributed by atoms with E-state index in [9.17, 15) is 0 Å². The number of benzene rings is 10. The molecule has 0 aliphatic carbocycles. The topological polar surface area (TPSA) is 117 Å². The summed E-state index contributed by atoms with van der Waals surface area (Å²) in [7, 11) is -3.81. The molecule has 4 radical (unpaired) electrons. The summed E-state index contributed by atoms with van der Waals surface area (Å²) in [6.45, 7) is 0. The molecule has 6 nitrogen and oxygen atoms in total. The molecule has 0 fully saturated rings. The van der Waals surface area contributed by atoms with E-state index in [2.05, 4.69) is 255 Å². The zero-order valence-corrected chi connectivity index (χ0v) is 45.9. The third-order valence-electron chi connectivity index (χ3n) is 10.4. The van der Waals surface area contributed by atoms with Crippen molar-refractivity contribution >= 4 is 84.3 Å². The Balaban J connectivity index is 0.000000351. The first kappa shape index (κ1) is 60.3. The number of hydrogen-bond acceptors (Lipinski definition) is 0. The maximum Gasteiger partial charge on any atom is 0.144 e. The van der Waals surface area contributed by atoms with Crippen molar-refractivity contribution in [1.82, 2.24) is 0 Å². The average Bonchev–Trinajstić information content (AvgIpc) is 3.44. The predicted molar refractivity (Wildman–Crippen MR) is 299 cm³/mol. The Labute approximate surface area is 453 Å². The van der Waals surface area contributed by atoms with Crippen LogP contribution in [-0.4, -0.2) is 27.3 Å². The molecule has 0 aromatic heterocycles. The van der Waals surface area contributed by atoms with Crippen molar-refractivity contribution in [3.63, 3.8) is 0 Å². The summed E-state index contributed by atoms with van der Waals surface area (Å²) >= 11 is 0. The molecule has 0 heterocycles. The fourth-order valence-electron chi connectivity index (χ4n) is 7.69. The monoisotopic (exact) mass is 1190 g/mol. The fraction of sp³-hybridized carbons (Fsp3) is 0. The molecule has 0 amide bonds. The molecule has 0 saturated heterocycles. The van der Waals surface area contributed by atoms with Crippen molar-refractivity contribution in [2.45, 2.75) is 0 Å². The minimum absolute atomic E-state index is 0. The summed E-state index contributed by atoms with van der Waals surface area (Å²) in [4.78, 5) is 3.00. The summed E-state index contributed by atoms with van der Waals surface area (Å²) in [5.41, 5.74) is 27.0. The molecular formula is C60H50Cl2N6P2Pb-4. The van der Waals surface area contributed by atoms with Crippen LogP contribution in [0.5, 0.6) is 0 Å². The molecule has 71 heavy (non-hydrogen) atoms. The molecular weight excluding hydrogens is 1140 g/mol. The summed E-state index contributed by atoms with van der Waals surface area (Å²) < 4.78 is 0. The first-order valence-corrected chi connectivity index (χ1v) is 25.3. The molecule has 0 aliphatic rings. The molecule has 352 valence electrons. The van der Waals surface area contributed by atoms with Gasteiger partial charge in [0.05, 0.1) is 0 Å². The summed E-state index contributed by atoms with van der Waals surface area (Å²) in [6.07, 6.45) is 0. The van der Waals surface area contributed by atoms with Gasteiger partial charge in [-0.05, 0) is 97.1 Å². The Morgan fingerprint density at radius 3 is 0.423 bits per heavy atom. The maximum atomic E-state index is 6.75. The fourth-order valence-corrected chi connectivity index (χ4v) is 16.2. The molecule has 11 heteroatoms. The Bertz CT molecular complexity index is 2330. The second-order valence-corrected chi connectivity index (χ2v) is 21.2. The number of hydrogen-bond donors (Lipinski definition) is 0. The molecule has 10 aromatic rings. The second-order valence-electron chi connectivity index (χ2n) is 14.4. The Kier molecular flexibility index (Phi) is 30.0. The molecule has 0 unspecified atom stereocenters. The van der Waals surface area contributed by atoms with E-state index in [0.717, 1.165) is 0 Å². The third-order valence-corrected chi connectivity index (χ3v) is 18.9. The van der Waals surface area contributed by atoms with E-state index in [4.69, 9.17) is 22.1 Å². The Hall–Kier alpha value is -6.82. The second kappa shape index (κ2) is 35.3. The van der Waals surface area contributed by atoms with Crippen LogP contribution in [0.2, 0.25) is 0 Å². The minimum Gasteiger partial charge on any atom is -1.00 e. The van der Waals surface area contributed by atoms with E-state index in [0.29, 0.717) is 0 Å². The molecule has 0 aliphatic heterocycles. The average molecular weight is 1200 g/mol. The summed E-state index contributed by atoms with van der Waals surface area (Å²) in [5, 5.41) is 11.1.